The van der Waals surface area contributed by atoms with E-state index in [2.05, 4.69) is 6.92 Å². The minimum absolute atomic E-state index is 0. The zero-order valence-corrected chi connectivity index (χ0v) is 6.29. The molecule has 2 nitrogen and oxygen atoms in total. The molecule has 0 fully saturated rings. The largest absolute Gasteiger partial charge is 2.00 e. The van der Waals surface area contributed by atoms with Gasteiger partial charge >= 0.3 is 17.1 Å². The van der Waals surface area contributed by atoms with Crippen molar-refractivity contribution in [2.75, 3.05) is 0 Å². The number of carboxylic acid groups (broad SMARTS) is 1. The van der Waals surface area contributed by atoms with E-state index in [1.54, 1.807) is 6.92 Å². The first kappa shape index (κ1) is 15.7. The summed E-state index contributed by atoms with van der Waals surface area (Å²) < 4.78 is 0. The number of hydrogen-bond donors (Lipinski definition) is 0. The third kappa shape index (κ3) is 37.7. The van der Waals surface area contributed by atoms with E-state index in [9.17, 15) is 9.90 Å². The molecule has 0 aromatic heterocycles. The van der Waals surface area contributed by atoms with Crippen molar-refractivity contribution in [1.82, 2.24) is 0 Å². The average molecular weight is 157 g/mol. The summed E-state index contributed by atoms with van der Waals surface area (Å²) in [5.41, 5.74) is 0. The molecule has 8 heavy (non-hydrogen) atoms. The summed E-state index contributed by atoms with van der Waals surface area (Å²) >= 11 is 0. The molecule has 3 heteroatoms. The van der Waals surface area contributed by atoms with Crippen molar-refractivity contribution in [3.8, 4) is 0 Å². The number of aliphatic carboxylic acids is 1. The second kappa shape index (κ2) is 15.8. The van der Waals surface area contributed by atoms with Crippen LogP contribution in [0.2, 0.25) is 0 Å². The minimum atomic E-state index is -0.995. The Labute approximate surface area is 60.8 Å². The molecular formula is C5H10MnO2. The van der Waals surface area contributed by atoms with Crippen LogP contribution in [0.5, 0.6) is 0 Å². The molecule has 0 unspecified atom stereocenters. The number of carbonyl (C=O) groups is 1. The van der Waals surface area contributed by atoms with Crippen LogP contribution in [0.15, 0.2) is 0 Å². The normalized spacial score (nSPS) is 5.38. The minimum Gasteiger partial charge on any atom is -0.550 e. The Morgan fingerprint density at radius 2 is 1.75 bits per heavy atom. The first-order valence-corrected chi connectivity index (χ1v) is 2.18. The molecule has 49 valence electrons. The van der Waals surface area contributed by atoms with Gasteiger partial charge in [0.2, 0.25) is 0 Å². The van der Waals surface area contributed by atoms with E-state index in [1.165, 1.54) is 6.92 Å². The van der Waals surface area contributed by atoms with Crippen LogP contribution in [0.1, 0.15) is 20.3 Å². The third-order valence-electron chi connectivity index (χ3n) is 0.289. The zero-order chi connectivity index (χ0) is 6.28. The maximum Gasteiger partial charge on any atom is 2.00 e. The number of rotatable bonds is 1. The fraction of sp³-hybridized carbons (Fsp3) is 0.600. The second-order valence-electron chi connectivity index (χ2n) is 0.726. The summed E-state index contributed by atoms with van der Waals surface area (Å²) in [5.74, 6) is -0.995. The molecule has 0 rings (SSSR count). The van der Waals surface area contributed by atoms with E-state index in [-0.39, 0.29) is 23.5 Å². The topological polar surface area (TPSA) is 40.1 Å². The average Bonchev–Trinajstić information content (AvgIpc) is 1.73. The maximum absolute atomic E-state index is 9.26. The van der Waals surface area contributed by atoms with Crippen LogP contribution in [-0.2, 0) is 21.9 Å². The Balaban J connectivity index is -0.0000000750. The van der Waals surface area contributed by atoms with Crippen LogP contribution in [0.3, 0.4) is 0 Å². The Morgan fingerprint density at radius 1 is 1.62 bits per heavy atom. The standard InChI is InChI=1S/C3H6O2.C2H5.Mn/c1-2-3(4)5;1-2;/h2H2,1H3,(H,4,5);1H2,2H3;/q;-1;+2/p-1. The molecule has 0 amide bonds. The molecule has 0 heterocycles. The fourth-order valence-corrected chi connectivity index (χ4v) is 0. The van der Waals surface area contributed by atoms with Crippen LogP contribution in [-0.4, -0.2) is 5.97 Å². The Hall–Kier alpha value is -0.0105. The molecule has 0 atom stereocenters. The number of carbonyl (C=O) groups excluding carboxylic acids is 1. The first-order valence-electron chi connectivity index (χ1n) is 2.18. The van der Waals surface area contributed by atoms with Gasteiger partial charge < -0.3 is 16.8 Å². The summed E-state index contributed by atoms with van der Waals surface area (Å²) in [6.45, 7) is 6.54. The smallest absolute Gasteiger partial charge is 0.550 e. The van der Waals surface area contributed by atoms with Gasteiger partial charge in [-0.2, -0.15) is 6.92 Å². The molecule has 0 saturated carbocycles. The van der Waals surface area contributed by atoms with Crippen molar-refractivity contribution >= 4 is 5.97 Å². The molecule has 0 N–H and O–H groups in total. The summed E-state index contributed by atoms with van der Waals surface area (Å²) in [6.07, 6.45) is 0.111. The molecule has 0 aliphatic carbocycles. The molecule has 0 aliphatic heterocycles. The molecule has 0 aromatic rings. The van der Waals surface area contributed by atoms with Gasteiger partial charge in [0, 0.05) is 5.97 Å². The van der Waals surface area contributed by atoms with Gasteiger partial charge in [0.15, 0.2) is 0 Å². The molecule has 1 radical (unpaired) electrons. The molecule has 0 bridgehead atoms. The number of hydrogen-bond acceptors (Lipinski definition) is 2. The van der Waals surface area contributed by atoms with E-state index in [0.29, 0.717) is 0 Å². The van der Waals surface area contributed by atoms with Gasteiger partial charge in [-0.3, -0.25) is 0 Å². The molecule has 0 spiro atoms. The summed E-state index contributed by atoms with van der Waals surface area (Å²) in [6, 6.07) is 0. The summed E-state index contributed by atoms with van der Waals surface area (Å²) in [4.78, 5) is 9.26. The van der Waals surface area contributed by atoms with E-state index < -0.39 is 5.97 Å². The van der Waals surface area contributed by atoms with Crippen LogP contribution < -0.4 is 5.11 Å². The fourth-order valence-electron chi connectivity index (χ4n) is 0. The van der Waals surface area contributed by atoms with Crippen LogP contribution in [0, 0.1) is 6.92 Å². The van der Waals surface area contributed by atoms with Gasteiger partial charge in [0.1, 0.15) is 0 Å². The zero-order valence-electron chi connectivity index (χ0n) is 5.11. The van der Waals surface area contributed by atoms with Crippen molar-refractivity contribution < 1.29 is 27.0 Å². The van der Waals surface area contributed by atoms with Crippen LogP contribution in [0.4, 0.5) is 0 Å². The van der Waals surface area contributed by atoms with E-state index in [4.69, 9.17) is 0 Å². The van der Waals surface area contributed by atoms with Gasteiger partial charge in [-0.15, -0.1) is 0 Å². The van der Waals surface area contributed by atoms with E-state index >= 15 is 0 Å². The first-order chi connectivity index (χ1) is 3.27. The predicted molar refractivity (Wildman–Crippen MR) is 26.3 cm³/mol. The van der Waals surface area contributed by atoms with Gasteiger partial charge in [0.05, 0.1) is 0 Å². The predicted octanol–water partition coefficient (Wildman–Crippen LogP) is -0.0158. The van der Waals surface area contributed by atoms with Crippen molar-refractivity contribution in [2.45, 2.75) is 20.3 Å². The third-order valence-corrected chi connectivity index (χ3v) is 0.289. The number of carboxylic acids is 1. The Bertz CT molecular complexity index is 45.7. The summed E-state index contributed by atoms with van der Waals surface area (Å²) in [7, 11) is 0. The van der Waals surface area contributed by atoms with Crippen molar-refractivity contribution in [3.05, 3.63) is 6.92 Å². The van der Waals surface area contributed by atoms with Gasteiger partial charge in [-0.05, 0) is 6.42 Å². The van der Waals surface area contributed by atoms with Crippen LogP contribution >= 0.6 is 0 Å². The summed E-state index contributed by atoms with van der Waals surface area (Å²) in [5, 5.41) is 9.26. The monoisotopic (exact) mass is 157 g/mol. The van der Waals surface area contributed by atoms with Crippen molar-refractivity contribution in [3.63, 3.8) is 0 Å². The molecule has 0 aliphatic rings. The molecular weight excluding hydrogens is 147 g/mol. The van der Waals surface area contributed by atoms with Crippen molar-refractivity contribution in [2.24, 2.45) is 0 Å². The maximum atomic E-state index is 9.26. The van der Waals surface area contributed by atoms with Crippen LogP contribution in [0.25, 0.3) is 0 Å². The van der Waals surface area contributed by atoms with Gasteiger partial charge in [-0.25, -0.2) is 0 Å². The van der Waals surface area contributed by atoms with E-state index in [0.717, 1.165) is 0 Å². The Morgan fingerprint density at radius 3 is 1.75 bits per heavy atom. The second-order valence-corrected chi connectivity index (χ2v) is 0.726. The van der Waals surface area contributed by atoms with E-state index in [1.807, 2.05) is 0 Å². The SMILES string of the molecule is CCC(=O)[O-].[CH2-]C.[Mn+2]. The van der Waals surface area contributed by atoms with Gasteiger partial charge in [-0.1, -0.05) is 6.92 Å². The quantitative estimate of drug-likeness (QED) is 0.396. The molecule has 0 saturated heterocycles. The van der Waals surface area contributed by atoms with Crippen molar-refractivity contribution in [1.29, 1.82) is 0 Å². The van der Waals surface area contributed by atoms with Gasteiger partial charge in [0.25, 0.3) is 0 Å². The Kier molecular flexibility index (Phi) is 30.9. The molecule has 0 aromatic carbocycles.